The van der Waals surface area contributed by atoms with Crippen molar-refractivity contribution in [1.82, 2.24) is 0 Å². The molecule has 0 amide bonds. The van der Waals surface area contributed by atoms with Crippen LogP contribution in [0.5, 0.6) is 0 Å². The molecule has 0 fully saturated rings. The van der Waals surface area contributed by atoms with Gasteiger partial charge in [0.25, 0.3) is 0 Å². The maximum Gasteiger partial charge on any atom is 0.249 e. The molecular formula is C11H17NO2. The van der Waals surface area contributed by atoms with Gasteiger partial charge in [0, 0.05) is 19.2 Å². The minimum Gasteiger partial charge on any atom is -0.371 e. The van der Waals surface area contributed by atoms with Crippen molar-refractivity contribution >= 4 is 5.69 Å². The van der Waals surface area contributed by atoms with Gasteiger partial charge in [0.05, 0.1) is 5.69 Å². The highest BCUT2D eigenvalue weighted by Crippen LogP contribution is 2.27. The highest BCUT2D eigenvalue weighted by Gasteiger charge is 2.31. The van der Waals surface area contributed by atoms with Crippen molar-refractivity contribution in [3.63, 3.8) is 0 Å². The Kier molecular flexibility index (Phi) is 2.52. The lowest BCUT2D eigenvalue weighted by molar-refractivity contribution is 0.576. The predicted octanol–water partition coefficient (Wildman–Crippen LogP) is 1.04. The van der Waals surface area contributed by atoms with Crippen LogP contribution in [0.15, 0.2) is 9.59 Å². The summed E-state index contributed by atoms with van der Waals surface area (Å²) in [4.78, 5) is 24.6. The van der Waals surface area contributed by atoms with Crippen LogP contribution in [0.1, 0.15) is 33.3 Å². The quantitative estimate of drug-likeness (QED) is 0.662. The Balaban J connectivity index is 3.28. The van der Waals surface area contributed by atoms with Crippen LogP contribution in [0.25, 0.3) is 0 Å². The van der Waals surface area contributed by atoms with E-state index >= 15 is 0 Å². The van der Waals surface area contributed by atoms with Crippen molar-refractivity contribution in [2.45, 2.75) is 33.1 Å². The fourth-order valence-corrected chi connectivity index (χ4v) is 1.60. The molecule has 0 atom stereocenters. The van der Waals surface area contributed by atoms with Crippen LogP contribution in [0, 0.1) is 0 Å². The second-order valence-corrected chi connectivity index (χ2v) is 4.65. The molecule has 78 valence electrons. The number of nitrogens with zero attached hydrogens (tertiary/aromatic N) is 1. The molecule has 0 spiro atoms. The Morgan fingerprint density at radius 3 is 2.00 bits per heavy atom. The smallest absolute Gasteiger partial charge is 0.249 e. The van der Waals surface area contributed by atoms with Crippen molar-refractivity contribution < 1.29 is 0 Å². The maximum atomic E-state index is 11.4. The van der Waals surface area contributed by atoms with Crippen molar-refractivity contribution in [1.29, 1.82) is 0 Å². The van der Waals surface area contributed by atoms with Gasteiger partial charge in [0.1, 0.15) is 0 Å². The van der Waals surface area contributed by atoms with Crippen molar-refractivity contribution in [2.75, 3.05) is 18.5 Å². The van der Waals surface area contributed by atoms with Crippen molar-refractivity contribution in [3.8, 4) is 0 Å². The van der Waals surface area contributed by atoms with E-state index in [0.29, 0.717) is 11.3 Å². The SMILES string of the molecule is CCN(C)c1c(C(C)(C)C)c(=O)c1=O. The van der Waals surface area contributed by atoms with Gasteiger partial charge in [0.15, 0.2) is 0 Å². The molecule has 0 N–H and O–H groups in total. The largest absolute Gasteiger partial charge is 0.371 e. The molecular weight excluding hydrogens is 178 g/mol. The summed E-state index contributed by atoms with van der Waals surface area (Å²) in [6.07, 6.45) is 0. The lowest BCUT2D eigenvalue weighted by Gasteiger charge is -2.28. The summed E-state index contributed by atoms with van der Waals surface area (Å²) in [5.41, 5.74) is 0.396. The zero-order valence-electron chi connectivity index (χ0n) is 9.47. The summed E-state index contributed by atoms with van der Waals surface area (Å²) in [6.45, 7) is 8.57. The summed E-state index contributed by atoms with van der Waals surface area (Å²) in [5.74, 6) is 0. The molecule has 14 heavy (non-hydrogen) atoms. The molecule has 0 saturated carbocycles. The van der Waals surface area contributed by atoms with E-state index in [0.717, 1.165) is 6.54 Å². The number of hydrogen-bond acceptors (Lipinski definition) is 3. The van der Waals surface area contributed by atoms with Gasteiger partial charge < -0.3 is 4.90 Å². The predicted molar refractivity (Wildman–Crippen MR) is 59.0 cm³/mol. The lowest BCUT2D eigenvalue weighted by atomic mass is 9.82. The molecule has 0 bridgehead atoms. The van der Waals surface area contributed by atoms with Crippen molar-refractivity contribution in [2.24, 2.45) is 0 Å². The van der Waals surface area contributed by atoms with Gasteiger partial charge in [-0.3, -0.25) is 9.59 Å². The third-order valence-corrected chi connectivity index (χ3v) is 2.49. The summed E-state index contributed by atoms with van der Waals surface area (Å²) < 4.78 is 0. The van der Waals surface area contributed by atoms with Crippen LogP contribution < -0.4 is 15.8 Å². The topological polar surface area (TPSA) is 37.4 Å². The summed E-state index contributed by atoms with van der Waals surface area (Å²) in [7, 11) is 1.84. The molecule has 0 radical (unpaired) electrons. The zero-order valence-corrected chi connectivity index (χ0v) is 9.47. The molecule has 0 saturated heterocycles. The van der Waals surface area contributed by atoms with E-state index in [-0.39, 0.29) is 16.3 Å². The first-order valence-electron chi connectivity index (χ1n) is 4.85. The number of hydrogen-bond donors (Lipinski definition) is 0. The lowest BCUT2D eigenvalue weighted by Crippen LogP contribution is -2.46. The van der Waals surface area contributed by atoms with Gasteiger partial charge in [-0.1, -0.05) is 20.8 Å². The van der Waals surface area contributed by atoms with Crippen molar-refractivity contribution in [3.05, 3.63) is 26.0 Å². The average Bonchev–Trinajstić information content (AvgIpc) is 2.09. The molecule has 0 unspecified atom stereocenters. The molecule has 1 aromatic carbocycles. The van der Waals surface area contributed by atoms with Crippen LogP contribution in [-0.4, -0.2) is 13.6 Å². The third kappa shape index (κ3) is 1.47. The van der Waals surface area contributed by atoms with E-state index in [2.05, 4.69) is 0 Å². The fraction of sp³-hybridized carbons (Fsp3) is 0.636. The van der Waals surface area contributed by atoms with Gasteiger partial charge in [-0.2, -0.15) is 0 Å². The minimum atomic E-state index is -0.334. The highest BCUT2D eigenvalue weighted by atomic mass is 16.2. The zero-order chi connectivity index (χ0) is 11.1. The van der Waals surface area contributed by atoms with Crippen LogP contribution in [-0.2, 0) is 5.41 Å². The van der Waals surface area contributed by atoms with E-state index in [4.69, 9.17) is 0 Å². The van der Waals surface area contributed by atoms with E-state index in [1.165, 1.54) is 0 Å². The first kappa shape index (κ1) is 11.0. The van der Waals surface area contributed by atoms with Gasteiger partial charge >= 0.3 is 0 Å². The Labute approximate surface area is 84.0 Å². The Bertz CT molecular complexity index is 405. The maximum absolute atomic E-state index is 11.4. The average molecular weight is 195 g/mol. The fourth-order valence-electron chi connectivity index (χ4n) is 1.60. The third-order valence-electron chi connectivity index (χ3n) is 2.49. The highest BCUT2D eigenvalue weighted by molar-refractivity contribution is 5.60. The van der Waals surface area contributed by atoms with Crippen LogP contribution in [0.4, 0.5) is 5.69 Å². The molecule has 0 aliphatic carbocycles. The molecule has 0 aliphatic heterocycles. The van der Waals surface area contributed by atoms with Gasteiger partial charge in [-0.05, 0) is 12.3 Å². The normalized spacial score (nSPS) is 12.1. The van der Waals surface area contributed by atoms with E-state index in [9.17, 15) is 9.59 Å². The molecule has 1 rings (SSSR count). The standard InChI is InChI=1S/C11H17NO2/c1-6-12(5)8-7(11(2,3)4)9(13)10(8)14/h6H2,1-5H3. The minimum absolute atomic E-state index is 0.232. The van der Waals surface area contributed by atoms with Crippen LogP contribution >= 0.6 is 0 Å². The Hall–Kier alpha value is -1.12. The van der Waals surface area contributed by atoms with Gasteiger partial charge in [0.2, 0.25) is 10.9 Å². The second-order valence-electron chi connectivity index (χ2n) is 4.65. The summed E-state index contributed by atoms with van der Waals surface area (Å²) >= 11 is 0. The molecule has 1 aromatic rings. The first-order chi connectivity index (χ1) is 6.30. The van der Waals surface area contributed by atoms with Gasteiger partial charge in [-0.25, -0.2) is 0 Å². The monoisotopic (exact) mass is 195 g/mol. The molecule has 3 nitrogen and oxygen atoms in total. The summed E-state index contributed by atoms with van der Waals surface area (Å²) in [5, 5.41) is 0. The van der Waals surface area contributed by atoms with E-state index < -0.39 is 0 Å². The Morgan fingerprint density at radius 1 is 1.14 bits per heavy atom. The first-order valence-corrected chi connectivity index (χ1v) is 4.85. The number of rotatable bonds is 2. The number of anilines is 1. The molecule has 3 heteroatoms. The molecule has 0 aromatic heterocycles. The van der Waals surface area contributed by atoms with Crippen LogP contribution in [0.3, 0.4) is 0 Å². The van der Waals surface area contributed by atoms with Crippen LogP contribution in [0.2, 0.25) is 0 Å². The van der Waals surface area contributed by atoms with Gasteiger partial charge in [-0.15, -0.1) is 0 Å². The summed E-state index contributed by atoms with van der Waals surface area (Å²) in [6, 6.07) is 0. The molecule has 0 heterocycles. The second kappa shape index (κ2) is 3.23. The van der Waals surface area contributed by atoms with E-state index in [1.807, 2.05) is 39.6 Å². The molecule has 0 aliphatic rings. The Morgan fingerprint density at radius 2 is 1.64 bits per heavy atom. The van der Waals surface area contributed by atoms with E-state index in [1.54, 1.807) is 0 Å².